The van der Waals surface area contributed by atoms with Gasteiger partial charge in [0.05, 0.1) is 24.1 Å². The van der Waals surface area contributed by atoms with Crippen LogP contribution in [0.25, 0.3) is 0 Å². The maximum absolute atomic E-state index is 13.7. The number of anilines is 1. The third-order valence-corrected chi connectivity index (χ3v) is 8.25. The highest BCUT2D eigenvalue weighted by atomic mass is 35.5. The van der Waals surface area contributed by atoms with Crippen molar-refractivity contribution < 1.29 is 22.7 Å². The Hall–Kier alpha value is -3.27. The molecule has 0 aliphatic carbocycles. The minimum absolute atomic E-state index is 0.00262. The van der Waals surface area contributed by atoms with Crippen molar-refractivity contribution >= 4 is 50.7 Å². The van der Waals surface area contributed by atoms with Crippen LogP contribution in [0.15, 0.2) is 72.8 Å². The molecule has 0 aliphatic rings. The number of halogens is 2. The molecule has 3 aromatic rings. The first-order valence-corrected chi connectivity index (χ1v) is 15.2. The van der Waals surface area contributed by atoms with E-state index in [1.165, 1.54) is 29.4 Å². The number of sulfonamides is 1. The Morgan fingerprint density at radius 2 is 1.65 bits per heavy atom. The van der Waals surface area contributed by atoms with Gasteiger partial charge >= 0.3 is 0 Å². The van der Waals surface area contributed by atoms with E-state index in [0.717, 1.165) is 11.8 Å². The first-order valence-electron chi connectivity index (χ1n) is 12.6. The summed E-state index contributed by atoms with van der Waals surface area (Å²) < 4.78 is 31.6. The normalized spacial score (nSPS) is 11.9. The molecule has 0 radical (unpaired) electrons. The zero-order chi connectivity index (χ0) is 29.3. The SMILES string of the molecule is CNC(=O)[C@H](Cc1ccccc1)N(Cc1ccccc1Cl)C(=O)CCCN(c1ccc(OC)c(Cl)c1)S(C)(=O)=O. The zero-order valence-electron chi connectivity index (χ0n) is 22.6. The van der Waals surface area contributed by atoms with Crippen molar-refractivity contribution in [2.24, 2.45) is 0 Å². The number of hydrogen-bond donors (Lipinski definition) is 1. The summed E-state index contributed by atoms with van der Waals surface area (Å²) in [6.07, 6.45) is 1.61. The average Bonchev–Trinajstić information content (AvgIpc) is 2.93. The lowest BCUT2D eigenvalue weighted by molar-refractivity contribution is -0.141. The fraction of sp³-hybridized carbons (Fsp3) is 0.310. The molecule has 0 saturated carbocycles. The van der Waals surface area contributed by atoms with E-state index in [0.29, 0.717) is 28.4 Å². The first kappa shape index (κ1) is 31.3. The van der Waals surface area contributed by atoms with Gasteiger partial charge in [0.15, 0.2) is 0 Å². The zero-order valence-corrected chi connectivity index (χ0v) is 25.0. The Morgan fingerprint density at radius 1 is 0.975 bits per heavy atom. The van der Waals surface area contributed by atoms with E-state index in [1.54, 1.807) is 24.3 Å². The molecule has 0 aromatic heterocycles. The van der Waals surface area contributed by atoms with Crippen LogP contribution in [0.5, 0.6) is 5.75 Å². The molecular formula is C29H33Cl2N3O5S. The van der Waals surface area contributed by atoms with Crippen molar-refractivity contribution in [3.05, 3.63) is 94.0 Å². The standard InChI is InChI=1S/C29H33Cl2N3O5S/c1-32-29(36)26(18-21-10-5-4-6-11-21)33(20-22-12-7-8-13-24(22)30)28(35)14-9-17-34(40(3,37)38)23-15-16-27(39-2)25(31)19-23/h4-8,10-13,15-16,19,26H,9,14,17-18,20H2,1-3H3,(H,32,36)/t26-/m0/s1. The third kappa shape index (κ3) is 8.36. The van der Waals surface area contributed by atoms with Crippen molar-refractivity contribution in [3.63, 3.8) is 0 Å². The van der Waals surface area contributed by atoms with Crippen LogP contribution < -0.4 is 14.4 Å². The summed E-state index contributed by atoms with van der Waals surface area (Å²) in [5.74, 6) is -0.191. The summed E-state index contributed by atoms with van der Waals surface area (Å²) in [5.41, 5.74) is 1.96. The van der Waals surface area contributed by atoms with Gasteiger partial charge in [0, 0.05) is 38.0 Å². The number of hydrogen-bond acceptors (Lipinski definition) is 5. The highest BCUT2D eigenvalue weighted by Crippen LogP contribution is 2.30. The Kier molecular flexibility index (Phi) is 11.2. The van der Waals surface area contributed by atoms with Crippen molar-refractivity contribution in [2.75, 3.05) is 31.3 Å². The van der Waals surface area contributed by atoms with Gasteiger partial charge in [-0.2, -0.15) is 0 Å². The van der Waals surface area contributed by atoms with Crippen molar-refractivity contribution in [2.45, 2.75) is 31.8 Å². The maximum atomic E-state index is 13.7. The van der Waals surface area contributed by atoms with E-state index >= 15 is 0 Å². The molecule has 2 amide bonds. The molecule has 8 nitrogen and oxygen atoms in total. The Bertz CT molecular complexity index is 1420. The lowest BCUT2D eigenvalue weighted by Crippen LogP contribution is -2.49. The number of benzene rings is 3. The fourth-order valence-electron chi connectivity index (χ4n) is 4.35. The number of carbonyl (C=O) groups excluding carboxylic acids is 2. The molecule has 3 aromatic carbocycles. The number of methoxy groups -OCH3 is 1. The molecule has 0 heterocycles. The molecule has 0 spiro atoms. The van der Waals surface area contributed by atoms with Gasteiger partial charge in [-0.3, -0.25) is 13.9 Å². The van der Waals surface area contributed by atoms with Gasteiger partial charge in [0.2, 0.25) is 21.8 Å². The summed E-state index contributed by atoms with van der Waals surface area (Å²) >= 11 is 12.6. The average molecular weight is 607 g/mol. The van der Waals surface area contributed by atoms with Crippen molar-refractivity contribution in [3.8, 4) is 5.75 Å². The van der Waals surface area contributed by atoms with Crippen LogP contribution in [0, 0.1) is 0 Å². The highest BCUT2D eigenvalue weighted by Gasteiger charge is 2.30. The lowest BCUT2D eigenvalue weighted by atomic mass is 10.0. The van der Waals surface area contributed by atoms with Gasteiger partial charge in [-0.1, -0.05) is 71.7 Å². The third-order valence-electron chi connectivity index (χ3n) is 6.39. The molecule has 0 aliphatic heterocycles. The summed E-state index contributed by atoms with van der Waals surface area (Å²) in [6.45, 7) is 0.157. The molecule has 40 heavy (non-hydrogen) atoms. The van der Waals surface area contributed by atoms with Gasteiger partial charge in [0.1, 0.15) is 11.8 Å². The largest absolute Gasteiger partial charge is 0.495 e. The van der Waals surface area contributed by atoms with E-state index in [-0.39, 0.29) is 42.8 Å². The van der Waals surface area contributed by atoms with Crippen LogP contribution in [-0.4, -0.2) is 58.1 Å². The maximum Gasteiger partial charge on any atom is 0.242 e. The summed E-state index contributed by atoms with van der Waals surface area (Å²) in [4.78, 5) is 28.3. The predicted molar refractivity (Wildman–Crippen MR) is 159 cm³/mol. The van der Waals surface area contributed by atoms with Crippen LogP contribution in [0.3, 0.4) is 0 Å². The molecule has 0 bridgehead atoms. The van der Waals surface area contributed by atoms with Crippen molar-refractivity contribution in [1.29, 1.82) is 0 Å². The molecule has 11 heteroatoms. The van der Waals surface area contributed by atoms with E-state index in [9.17, 15) is 18.0 Å². The fourth-order valence-corrected chi connectivity index (χ4v) is 5.75. The molecule has 1 atom stereocenters. The van der Waals surface area contributed by atoms with Crippen LogP contribution in [0.1, 0.15) is 24.0 Å². The van der Waals surface area contributed by atoms with Crippen LogP contribution in [-0.2, 0) is 32.6 Å². The van der Waals surface area contributed by atoms with E-state index in [4.69, 9.17) is 27.9 Å². The number of nitrogens with zero attached hydrogens (tertiary/aromatic N) is 2. The quantitative estimate of drug-likeness (QED) is 0.298. The number of likely N-dealkylation sites (N-methyl/N-ethyl adjacent to an activating group) is 1. The smallest absolute Gasteiger partial charge is 0.242 e. The van der Waals surface area contributed by atoms with Crippen molar-refractivity contribution in [1.82, 2.24) is 10.2 Å². The minimum atomic E-state index is -3.67. The van der Waals surface area contributed by atoms with Gasteiger partial charge in [-0.25, -0.2) is 8.42 Å². The molecule has 1 N–H and O–H groups in total. The van der Waals surface area contributed by atoms with Gasteiger partial charge in [0.25, 0.3) is 0 Å². The molecule has 0 unspecified atom stereocenters. The summed E-state index contributed by atoms with van der Waals surface area (Å²) in [7, 11) is -0.672. The summed E-state index contributed by atoms with van der Waals surface area (Å²) in [6, 6.07) is 20.5. The van der Waals surface area contributed by atoms with E-state index in [2.05, 4.69) is 5.32 Å². The van der Waals surface area contributed by atoms with E-state index in [1.807, 2.05) is 42.5 Å². The highest BCUT2D eigenvalue weighted by molar-refractivity contribution is 7.92. The topological polar surface area (TPSA) is 96.0 Å². The number of carbonyl (C=O) groups is 2. The number of ether oxygens (including phenoxy) is 1. The Balaban J connectivity index is 1.86. The monoisotopic (exact) mass is 605 g/mol. The van der Waals surface area contributed by atoms with E-state index < -0.39 is 16.1 Å². The van der Waals surface area contributed by atoms with Crippen LogP contribution >= 0.6 is 23.2 Å². The molecule has 0 saturated heterocycles. The van der Waals surface area contributed by atoms with Gasteiger partial charge in [-0.05, 0) is 41.8 Å². The summed E-state index contributed by atoms with van der Waals surface area (Å²) in [5, 5.41) is 3.43. The Labute approximate surface area is 245 Å². The first-order chi connectivity index (χ1) is 19.0. The van der Waals surface area contributed by atoms with Gasteiger partial charge < -0.3 is 15.0 Å². The number of rotatable bonds is 13. The second-order valence-electron chi connectivity index (χ2n) is 9.19. The number of amides is 2. The van der Waals surface area contributed by atoms with Crippen LogP contribution in [0.2, 0.25) is 10.0 Å². The minimum Gasteiger partial charge on any atom is -0.495 e. The second-order valence-corrected chi connectivity index (χ2v) is 11.9. The number of nitrogens with one attached hydrogen (secondary N) is 1. The molecule has 0 fully saturated rings. The van der Waals surface area contributed by atoms with Gasteiger partial charge in [-0.15, -0.1) is 0 Å². The molecule has 214 valence electrons. The molecule has 3 rings (SSSR count). The van der Waals surface area contributed by atoms with Crippen LogP contribution in [0.4, 0.5) is 5.69 Å². The predicted octanol–water partition coefficient (Wildman–Crippen LogP) is 4.93. The second kappa shape index (κ2) is 14.4. The Morgan fingerprint density at radius 3 is 2.25 bits per heavy atom. The lowest BCUT2D eigenvalue weighted by Gasteiger charge is -2.32. The molecular weight excluding hydrogens is 573 g/mol.